The summed E-state index contributed by atoms with van der Waals surface area (Å²) in [5, 5.41) is 7.48. The SMILES string of the molecule is Cc1c[c-]c(-c2noc3cc(C)cc(C)c23)c(C)c1.[Ir].[c-]1ccccc1-c1nccc2cc(-c3nc(-c4ccccc4)nc(-c4ccccc4)n3)ccc12. The van der Waals surface area contributed by atoms with Crippen LogP contribution in [0.4, 0.5) is 0 Å². The standard InChI is InChI=1S/C30H19N4.C17H16NO.Ir/c1-4-10-21(11-5-1)27-26-17-16-25(20-24(26)18-19-31-27)30-33-28(22-12-6-2-7-13-22)32-29(34-30)23-14-8-3-9-15-23;1-10-5-6-14(12(3)7-10)17-16-13(4)8-11(2)9-15(16)19-18-17;/h1-10,12-20H;5,7-9H,1-4H3;/q2*-1;. The van der Waals surface area contributed by atoms with Crippen molar-refractivity contribution in [2.75, 3.05) is 0 Å². The summed E-state index contributed by atoms with van der Waals surface area (Å²) in [6.45, 7) is 8.32. The van der Waals surface area contributed by atoms with Gasteiger partial charge in [0.05, 0.1) is 0 Å². The van der Waals surface area contributed by atoms with E-state index in [-0.39, 0.29) is 20.1 Å². The van der Waals surface area contributed by atoms with Gasteiger partial charge in [0.1, 0.15) is 0 Å². The zero-order valence-electron chi connectivity index (χ0n) is 30.3. The molecule has 0 amide bonds. The molecule has 7 heteroatoms. The van der Waals surface area contributed by atoms with Crippen LogP contribution in [0.2, 0.25) is 0 Å². The summed E-state index contributed by atoms with van der Waals surface area (Å²) in [5.41, 5.74) is 12.3. The van der Waals surface area contributed by atoms with Gasteiger partial charge >= 0.3 is 0 Å². The first kappa shape index (κ1) is 36.2. The molecule has 3 heterocycles. The number of aromatic nitrogens is 5. The van der Waals surface area contributed by atoms with Crippen molar-refractivity contribution in [3.63, 3.8) is 0 Å². The average Bonchev–Trinajstić information content (AvgIpc) is 3.62. The van der Waals surface area contributed by atoms with Crippen LogP contribution in [0.3, 0.4) is 0 Å². The zero-order valence-corrected chi connectivity index (χ0v) is 32.7. The minimum atomic E-state index is 0. The first-order valence-electron chi connectivity index (χ1n) is 17.5. The van der Waals surface area contributed by atoms with E-state index >= 15 is 0 Å². The van der Waals surface area contributed by atoms with E-state index in [1.165, 1.54) is 22.3 Å². The molecule has 0 saturated heterocycles. The van der Waals surface area contributed by atoms with Crippen LogP contribution in [-0.2, 0) is 20.1 Å². The largest absolute Gasteiger partial charge is 0.366 e. The quantitative estimate of drug-likeness (QED) is 0.160. The Balaban J connectivity index is 0.000000191. The second kappa shape index (κ2) is 15.8. The Bertz CT molecular complexity index is 2660. The van der Waals surface area contributed by atoms with Gasteiger partial charge in [-0.2, -0.15) is 0 Å². The zero-order chi connectivity index (χ0) is 36.3. The summed E-state index contributed by atoms with van der Waals surface area (Å²) in [4.78, 5) is 19.1. The maximum Gasteiger partial charge on any atom is 0.164 e. The molecule has 0 aliphatic rings. The monoisotopic (exact) mass is 878 g/mol. The number of benzene rings is 6. The van der Waals surface area contributed by atoms with Crippen LogP contribution in [0.1, 0.15) is 22.3 Å². The number of rotatable bonds is 5. The molecule has 9 aromatic rings. The Morgan fingerprint density at radius 1 is 0.556 bits per heavy atom. The normalized spacial score (nSPS) is 10.8. The van der Waals surface area contributed by atoms with Gasteiger partial charge in [-0.1, -0.05) is 92.7 Å². The van der Waals surface area contributed by atoms with Crippen molar-refractivity contribution in [1.82, 2.24) is 25.1 Å². The molecule has 0 aliphatic heterocycles. The van der Waals surface area contributed by atoms with Gasteiger partial charge in [0, 0.05) is 54.1 Å². The van der Waals surface area contributed by atoms with E-state index in [0.29, 0.717) is 17.5 Å². The Hall–Kier alpha value is -6.14. The molecule has 0 aliphatic carbocycles. The minimum absolute atomic E-state index is 0. The summed E-state index contributed by atoms with van der Waals surface area (Å²) in [6, 6.07) is 51.1. The van der Waals surface area contributed by atoms with Gasteiger partial charge in [-0.25, -0.2) is 15.0 Å². The molecular formula is C47H35IrN5O-2. The topological polar surface area (TPSA) is 77.6 Å². The molecule has 6 aromatic carbocycles. The maximum atomic E-state index is 5.48. The van der Waals surface area contributed by atoms with E-state index in [4.69, 9.17) is 19.5 Å². The number of aryl methyl sites for hydroxylation is 4. The fraction of sp³-hybridized carbons (Fsp3) is 0.0851. The molecule has 0 N–H and O–H groups in total. The van der Waals surface area contributed by atoms with Gasteiger partial charge in [0.2, 0.25) is 0 Å². The number of hydrogen-bond acceptors (Lipinski definition) is 6. The molecule has 3 aromatic heterocycles. The predicted octanol–water partition coefficient (Wildman–Crippen LogP) is 11.4. The molecule has 0 unspecified atom stereocenters. The van der Waals surface area contributed by atoms with Gasteiger partial charge in [-0.3, -0.25) is 0 Å². The summed E-state index contributed by atoms with van der Waals surface area (Å²) >= 11 is 0. The second-order valence-corrected chi connectivity index (χ2v) is 13.1. The molecule has 54 heavy (non-hydrogen) atoms. The number of fused-ring (bicyclic) bond motifs is 2. The third kappa shape index (κ3) is 7.51. The van der Waals surface area contributed by atoms with Gasteiger partial charge in [0.25, 0.3) is 0 Å². The van der Waals surface area contributed by atoms with Crippen LogP contribution in [0.15, 0.2) is 144 Å². The first-order valence-corrected chi connectivity index (χ1v) is 17.5. The summed E-state index contributed by atoms with van der Waals surface area (Å²) < 4.78 is 5.48. The van der Waals surface area contributed by atoms with Crippen molar-refractivity contribution >= 4 is 21.7 Å². The van der Waals surface area contributed by atoms with E-state index in [9.17, 15) is 0 Å². The van der Waals surface area contributed by atoms with Crippen LogP contribution in [0, 0.1) is 39.8 Å². The molecule has 0 spiro atoms. The average molecular weight is 878 g/mol. The molecule has 6 nitrogen and oxygen atoms in total. The molecule has 0 bridgehead atoms. The van der Waals surface area contributed by atoms with Crippen LogP contribution in [0.25, 0.3) is 78.4 Å². The van der Waals surface area contributed by atoms with Gasteiger partial charge in [-0.05, 0) is 59.6 Å². The van der Waals surface area contributed by atoms with E-state index in [1.54, 1.807) is 0 Å². The number of nitrogens with zero attached hydrogens (tertiary/aromatic N) is 5. The van der Waals surface area contributed by atoms with E-state index in [1.807, 2.05) is 109 Å². The molecular weight excluding hydrogens is 843 g/mol. The summed E-state index contributed by atoms with van der Waals surface area (Å²) in [5.74, 6) is 1.94. The smallest absolute Gasteiger partial charge is 0.164 e. The maximum absolute atomic E-state index is 5.48. The number of pyridine rings is 1. The van der Waals surface area contributed by atoms with Crippen molar-refractivity contribution in [3.8, 4) is 56.7 Å². The van der Waals surface area contributed by atoms with E-state index < -0.39 is 0 Å². The van der Waals surface area contributed by atoms with Crippen molar-refractivity contribution in [1.29, 1.82) is 0 Å². The van der Waals surface area contributed by atoms with Crippen LogP contribution >= 0.6 is 0 Å². The molecule has 0 fully saturated rings. The minimum Gasteiger partial charge on any atom is -0.366 e. The molecule has 265 valence electrons. The Morgan fingerprint density at radius 2 is 1.20 bits per heavy atom. The second-order valence-electron chi connectivity index (χ2n) is 13.1. The van der Waals surface area contributed by atoms with Crippen LogP contribution < -0.4 is 0 Å². The van der Waals surface area contributed by atoms with Crippen molar-refractivity contribution in [2.45, 2.75) is 27.7 Å². The third-order valence-electron chi connectivity index (χ3n) is 9.12. The number of hydrogen-bond donors (Lipinski definition) is 0. The van der Waals surface area contributed by atoms with E-state index in [2.05, 4.69) is 80.3 Å². The first-order chi connectivity index (χ1) is 25.9. The molecule has 1 radical (unpaired) electrons. The van der Waals surface area contributed by atoms with Crippen molar-refractivity contribution in [3.05, 3.63) is 174 Å². The third-order valence-corrected chi connectivity index (χ3v) is 9.12. The van der Waals surface area contributed by atoms with E-state index in [0.717, 1.165) is 60.9 Å². The Morgan fingerprint density at radius 3 is 1.85 bits per heavy atom. The van der Waals surface area contributed by atoms with Crippen molar-refractivity contribution in [2.24, 2.45) is 0 Å². The van der Waals surface area contributed by atoms with Crippen LogP contribution in [0.5, 0.6) is 0 Å². The summed E-state index contributed by atoms with van der Waals surface area (Å²) in [6.07, 6.45) is 1.83. The van der Waals surface area contributed by atoms with Crippen molar-refractivity contribution < 1.29 is 24.6 Å². The fourth-order valence-electron chi connectivity index (χ4n) is 6.64. The van der Waals surface area contributed by atoms with Gasteiger partial charge in [0.15, 0.2) is 23.1 Å². The predicted molar refractivity (Wildman–Crippen MR) is 213 cm³/mol. The molecule has 0 saturated carbocycles. The Labute approximate surface area is 328 Å². The van der Waals surface area contributed by atoms with Gasteiger partial charge < -0.3 is 9.51 Å². The molecule has 0 atom stereocenters. The fourth-order valence-corrected chi connectivity index (χ4v) is 6.64. The Kier molecular flexibility index (Phi) is 10.6. The van der Waals surface area contributed by atoms with Gasteiger partial charge in [-0.15, -0.1) is 75.9 Å². The summed E-state index contributed by atoms with van der Waals surface area (Å²) in [7, 11) is 0. The van der Waals surface area contributed by atoms with Crippen LogP contribution in [-0.4, -0.2) is 25.1 Å². The molecule has 9 rings (SSSR count).